The first kappa shape index (κ1) is 12.6. The summed E-state index contributed by atoms with van der Waals surface area (Å²) in [5, 5.41) is 0. The molecule has 0 heterocycles. The molecule has 0 aromatic carbocycles. The van der Waals surface area contributed by atoms with Crippen molar-refractivity contribution in [1.82, 2.24) is 0 Å². The minimum absolute atomic E-state index is 0.0410. The van der Waals surface area contributed by atoms with Gasteiger partial charge in [0, 0.05) is 13.7 Å². The lowest BCUT2D eigenvalue weighted by molar-refractivity contribution is -0.130. The van der Waals surface area contributed by atoms with E-state index in [9.17, 15) is 4.79 Å². The van der Waals surface area contributed by atoms with Crippen LogP contribution < -0.4 is 0 Å². The van der Waals surface area contributed by atoms with Crippen LogP contribution in [0.2, 0.25) is 0 Å². The molecule has 0 aromatic rings. The molecule has 0 saturated carbocycles. The van der Waals surface area contributed by atoms with E-state index in [0.29, 0.717) is 13.2 Å². The van der Waals surface area contributed by atoms with Crippen molar-refractivity contribution in [2.75, 3.05) is 33.5 Å². The molecule has 0 aromatic heterocycles. The van der Waals surface area contributed by atoms with Gasteiger partial charge in [0.15, 0.2) is 5.78 Å². The van der Waals surface area contributed by atoms with Crippen LogP contribution in [0.3, 0.4) is 0 Å². The van der Waals surface area contributed by atoms with Crippen molar-refractivity contribution in [3.8, 4) is 0 Å². The second-order valence-corrected chi connectivity index (χ2v) is 2.75. The zero-order valence-corrected chi connectivity index (χ0v) is 8.54. The SMILES string of the molecule is CCOCC(C)OCC(=O)COC. The summed E-state index contributed by atoms with van der Waals surface area (Å²) in [7, 11) is 1.49. The summed E-state index contributed by atoms with van der Waals surface area (Å²) in [4.78, 5) is 10.9. The maximum atomic E-state index is 10.9. The second-order valence-electron chi connectivity index (χ2n) is 2.75. The van der Waals surface area contributed by atoms with Crippen LogP contribution in [0.1, 0.15) is 13.8 Å². The average molecular weight is 190 g/mol. The lowest BCUT2D eigenvalue weighted by Gasteiger charge is -2.11. The molecule has 1 atom stereocenters. The highest BCUT2D eigenvalue weighted by atomic mass is 16.5. The molecule has 4 nitrogen and oxygen atoms in total. The molecule has 0 saturated heterocycles. The number of hydrogen-bond acceptors (Lipinski definition) is 4. The Balaban J connectivity index is 3.34. The smallest absolute Gasteiger partial charge is 0.183 e. The number of carbonyl (C=O) groups excluding carboxylic acids is 1. The summed E-state index contributed by atoms with van der Waals surface area (Å²) < 4.78 is 15.0. The molecule has 4 heteroatoms. The Morgan fingerprint density at radius 2 is 2.08 bits per heavy atom. The molecule has 0 radical (unpaired) electrons. The number of hydrogen-bond donors (Lipinski definition) is 0. The summed E-state index contributed by atoms with van der Waals surface area (Å²) in [5.74, 6) is -0.0501. The number of carbonyl (C=O) groups is 1. The Hall–Kier alpha value is -0.450. The van der Waals surface area contributed by atoms with Crippen molar-refractivity contribution in [3.63, 3.8) is 0 Å². The van der Waals surface area contributed by atoms with Crippen LogP contribution in [0, 0.1) is 0 Å². The monoisotopic (exact) mass is 190 g/mol. The van der Waals surface area contributed by atoms with E-state index in [2.05, 4.69) is 4.74 Å². The average Bonchev–Trinajstić information content (AvgIpc) is 2.12. The second kappa shape index (κ2) is 8.16. The number of ether oxygens (including phenoxy) is 3. The number of methoxy groups -OCH3 is 1. The van der Waals surface area contributed by atoms with Crippen LogP contribution in [0.5, 0.6) is 0 Å². The van der Waals surface area contributed by atoms with Crippen molar-refractivity contribution in [1.29, 1.82) is 0 Å². The van der Waals surface area contributed by atoms with E-state index in [4.69, 9.17) is 9.47 Å². The molecule has 0 aliphatic heterocycles. The first-order valence-electron chi connectivity index (χ1n) is 4.40. The van der Waals surface area contributed by atoms with Gasteiger partial charge >= 0.3 is 0 Å². The first-order chi connectivity index (χ1) is 6.20. The van der Waals surface area contributed by atoms with Gasteiger partial charge in [-0.3, -0.25) is 4.79 Å². The molecule has 13 heavy (non-hydrogen) atoms. The van der Waals surface area contributed by atoms with Crippen LogP contribution in [0.15, 0.2) is 0 Å². The molecule has 0 aliphatic carbocycles. The minimum atomic E-state index is -0.0501. The third kappa shape index (κ3) is 7.90. The summed E-state index contributed by atoms with van der Waals surface area (Å²) >= 11 is 0. The molecule has 0 aliphatic rings. The van der Waals surface area contributed by atoms with Gasteiger partial charge in [0.1, 0.15) is 13.2 Å². The van der Waals surface area contributed by atoms with E-state index in [0.717, 1.165) is 0 Å². The van der Waals surface area contributed by atoms with Crippen LogP contribution in [-0.4, -0.2) is 45.4 Å². The third-order valence-electron chi connectivity index (χ3n) is 1.39. The summed E-state index contributed by atoms with van der Waals surface area (Å²) in [5.41, 5.74) is 0. The summed E-state index contributed by atoms with van der Waals surface area (Å²) in [6, 6.07) is 0. The van der Waals surface area contributed by atoms with Gasteiger partial charge in [0.2, 0.25) is 0 Å². The Labute approximate surface area is 79.2 Å². The molecule has 78 valence electrons. The van der Waals surface area contributed by atoms with Crippen LogP contribution in [-0.2, 0) is 19.0 Å². The van der Waals surface area contributed by atoms with Gasteiger partial charge in [0.05, 0.1) is 12.7 Å². The van der Waals surface area contributed by atoms with Crippen molar-refractivity contribution in [2.45, 2.75) is 20.0 Å². The fraction of sp³-hybridized carbons (Fsp3) is 0.889. The van der Waals surface area contributed by atoms with Gasteiger partial charge in [-0.15, -0.1) is 0 Å². The van der Waals surface area contributed by atoms with E-state index in [1.165, 1.54) is 7.11 Å². The Morgan fingerprint density at radius 1 is 1.38 bits per heavy atom. The highest BCUT2D eigenvalue weighted by Gasteiger charge is 2.05. The lowest BCUT2D eigenvalue weighted by atomic mass is 10.4. The lowest BCUT2D eigenvalue weighted by Crippen LogP contribution is -2.22. The first-order valence-corrected chi connectivity index (χ1v) is 4.40. The fourth-order valence-electron chi connectivity index (χ4n) is 0.770. The molecule has 0 bridgehead atoms. The zero-order valence-electron chi connectivity index (χ0n) is 8.54. The Kier molecular flexibility index (Phi) is 7.88. The standard InChI is InChI=1S/C9H18O4/c1-4-12-5-8(2)13-7-9(10)6-11-3/h8H,4-7H2,1-3H3. The minimum Gasteiger partial charge on any atom is -0.379 e. The van der Waals surface area contributed by atoms with Crippen LogP contribution in [0.4, 0.5) is 0 Å². The molecule has 0 fully saturated rings. The number of Topliss-reactive ketones (excluding diaryl/α,β-unsaturated/α-hetero) is 1. The van der Waals surface area contributed by atoms with Gasteiger partial charge in [-0.05, 0) is 13.8 Å². The molecule has 0 spiro atoms. The molecule has 0 rings (SSSR count). The fourth-order valence-corrected chi connectivity index (χ4v) is 0.770. The van der Waals surface area contributed by atoms with Crippen LogP contribution in [0.25, 0.3) is 0 Å². The van der Waals surface area contributed by atoms with Crippen molar-refractivity contribution >= 4 is 5.78 Å². The topological polar surface area (TPSA) is 44.8 Å². The van der Waals surface area contributed by atoms with E-state index >= 15 is 0 Å². The highest BCUT2D eigenvalue weighted by molar-refractivity contribution is 5.80. The van der Waals surface area contributed by atoms with Crippen LogP contribution >= 0.6 is 0 Å². The zero-order chi connectivity index (χ0) is 10.1. The predicted octanol–water partition coefficient (Wildman–Crippen LogP) is 0.643. The summed E-state index contributed by atoms with van der Waals surface area (Å²) in [6.07, 6.45) is -0.0410. The molecular formula is C9H18O4. The van der Waals surface area contributed by atoms with Gasteiger partial charge in [-0.2, -0.15) is 0 Å². The van der Waals surface area contributed by atoms with Gasteiger partial charge in [0.25, 0.3) is 0 Å². The predicted molar refractivity (Wildman–Crippen MR) is 48.8 cm³/mol. The number of rotatable bonds is 8. The van der Waals surface area contributed by atoms with Crippen molar-refractivity contribution < 1.29 is 19.0 Å². The van der Waals surface area contributed by atoms with E-state index in [-0.39, 0.29) is 25.1 Å². The Morgan fingerprint density at radius 3 is 2.62 bits per heavy atom. The summed E-state index contributed by atoms with van der Waals surface area (Å²) in [6.45, 7) is 5.19. The quantitative estimate of drug-likeness (QED) is 0.563. The highest BCUT2D eigenvalue weighted by Crippen LogP contribution is 1.92. The van der Waals surface area contributed by atoms with Gasteiger partial charge in [-0.1, -0.05) is 0 Å². The Bertz CT molecular complexity index is 136. The third-order valence-corrected chi connectivity index (χ3v) is 1.39. The molecule has 1 unspecified atom stereocenters. The maximum absolute atomic E-state index is 10.9. The molecule has 0 amide bonds. The van der Waals surface area contributed by atoms with Crippen molar-refractivity contribution in [3.05, 3.63) is 0 Å². The largest absolute Gasteiger partial charge is 0.379 e. The van der Waals surface area contributed by atoms with Gasteiger partial charge in [-0.25, -0.2) is 0 Å². The van der Waals surface area contributed by atoms with Crippen molar-refractivity contribution in [2.24, 2.45) is 0 Å². The molecular weight excluding hydrogens is 172 g/mol. The number of ketones is 1. The van der Waals surface area contributed by atoms with Gasteiger partial charge < -0.3 is 14.2 Å². The van der Waals surface area contributed by atoms with E-state index in [1.54, 1.807) is 0 Å². The van der Waals surface area contributed by atoms with E-state index in [1.807, 2.05) is 13.8 Å². The molecule has 0 N–H and O–H groups in total. The normalized spacial score (nSPS) is 12.8. The van der Waals surface area contributed by atoms with E-state index < -0.39 is 0 Å². The maximum Gasteiger partial charge on any atom is 0.183 e.